The standard InChI is InChI=1S/C33H55P/c1-20(2)26-17-18-27(28(19-26)21(3)4)29-30(34(31(10,11)12)32(13,14)15)24(8)23(7)25(9)33(29,16)22(5)6/h17-22,25H,1-16H3. The van der Waals surface area contributed by atoms with Gasteiger partial charge in [-0.3, -0.25) is 0 Å². The normalized spacial score (nSPS) is 22.8. The zero-order valence-electron chi connectivity index (χ0n) is 25.5. The molecule has 2 rings (SSSR count). The van der Waals surface area contributed by atoms with Gasteiger partial charge >= 0.3 is 0 Å². The summed E-state index contributed by atoms with van der Waals surface area (Å²) in [6.45, 7) is 39.1. The molecule has 0 spiro atoms. The summed E-state index contributed by atoms with van der Waals surface area (Å²) in [6.07, 6.45) is 0. The van der Waals surface area contributed by atoms with Crippen molar-refractivity contribution in [3.63, 3.8) is 0 Å². The largest absolute Gasteiger partial charge is 0.0660 e. The third-order valence-corrected chi connectivity index (χ3v) is 12.4. The predicted molar refractivity (Wildman–Crippen MR) is 158 cm³/mol. The Morgan fingerprint density at radius 2 is 1.32 bits per heavy atom. The minimum Gasteiger partial charge on any atom is -0.0660 e. The maximum atomic E-state index is 2.58. The van der Waals surface area contributed by atoms with Gasteiger partial charge in [-0.2, -0.15) is 0 Å². The topological polar surface area (TPSA) is 0 Å². The van der Waals surface area contributed by atoms with Crippen LogP contribution < -0.4 is 0 Å². The molecule has 0 heterocycles. The first-order valence-electron chi connectivity index (χ1n) is 13.6. The van der Waals surface area contributed by atoms with Crippen LogP contribution in [0.5, 0.6) is 0 Å². The van der Waals surface area contributed by atoms with Gasteiger partial charge in [0.1, 0.15) is 0 Å². The molecule has 0 fully saturated rings. The summed E-state index contributed by atoms with van der Waals surface area (Å²) in [4.78, 5) is 0. The lowest BCUT2D eigenvalue weighted by Crippen LogP contribution is -2.39. The number of benzene rings is 1. The third kappa shape index (κ3) is 5.14. The van der Waals surface area contributed by atoms with E-state index < -0.39 is 7.92 Å². The molecule has 1 aliphatic carbocycles. The fraction of sp³-hybridized carbons (Fsp3) is 0.697. The number of rotatable bonds is 5. The van der Waals surface area contributed by atoms with E-state index in [2.05, 4.69) is 129 Å². The van der Waals surface area contributed by atoms with Crippen LogP contribution in [-0.2, 0) is 0 Å². The maximum Gasteiger partial charge on any atom is 0.00230 e. The highest BCUT2D eigenvalue weighted by atomic mass is 31.1. The van der Waals surface area contributed by atoms with Crippen LogP contribution in [0.3, 0.4) is 0 Å². The van der Waals surface area contributed by atoms with Gasteiger partial charge in [-0.25, -0.2) is 0 Å². The minimum atomic E-state index is -0.422. The molecule has 34 heavy (non-hydrogen) atoms. The third-order valence-electron chi connectivity index (χ3n) is 8.67. The Hall–Kier alpha value is -0.870. The molecule has 0 radical (unpaired) electrons. The van der Waals surface area contributed by atoms with Gasteiger partial charge in [0.25, 0.3) is 0 Å². The van der Waals surface area contributed by atoms with Crippen LogP contribution in [0, 0.1) is 17.3 Å². The van der Waals surface area contributed by atoms with Crippen molar-refractivity contribution in [2.24, 2.45) is 17.3 Å². The second-order valence-electron chi connectivity index (χ2n) is 14.0. The molecule has 0 aliphatic heterocycles. The molecule has 1 aromatic rings. The summed E-state index contributed by atoms with van der Waals surface area (Å²) in [5.74, 6) is 2.12. The van der Waals surface area contributed by atoms with Gasteiger partial charge in [-0.15, -0.1) is 0 Å². The summed E-state index contributed by atoms with van der Waals surface area (Å²) in [7, 11) is -0.422. The Balaban J connectivity index is 3.21. The Bertz CT molecular complexity index is 941. The van der Waals surface area contributed by atoms with Gasteiger partial charge in [-0.1, -0.05) is 129 Å². The van der Waals surface area contributed by atoms with E-state index in [9.17, 15) is 0 Å². The van der Waals surface area contributed by atoms with E-state index in [4.69, 9.17) is 0 Å². The molecule has 2 unspecified atom stereocenters. The summed E-state index contributed by atoms with van der Waals surface area (Å²) >= 11 is 0. The molecular formula is C33H55P. The van der Waals surface area contributed by atoms with Gasteiger partial charge in [0.15, 0.2) is 0 Å². The summed E-state index contributed by atoms with van der Waals surface area (Å²) in [5, 5.41) is 2.15. The molecule has 0 bridgehead atoms. The van der Waals surface area contributed by atoms with Crippen LogP contribution in [0.2, 0.25) is 0 Å². The van der Waals surface area contributed by atoms with Crippen molar-refractivity contribution in [3.05, 3.63) is 51.3 Å². The number of hydrogen-bond acceptors (Lipinski definition) is 0. The minimum absolute atomic E-state index is 0.0962. The Morgan fingerprint density at radius 1 is 0.824 bits per heavy atom. The predicted octanol–water partition coefficient (Wildman–Crippen LogP) is 11.4. The van der Waals surface area contributed by atoms with E-state index in [0.717, 1.165) is 0 Å². The van der Waals surface area contributed by atoms with Crippen LogP contribution in [-0.4, -0.2) is 10.3 Å². The Labute approximate surface area is 214 Å². The quantitative estimate of drug-likeness (QED) is 0.366. The van der Waals surface area contributed by atoms with Crippen molar-refractivity contribution in [2.75, 3.05) is 0 Å². The van der Waals surface area contributed by atoms with Crippen molar-refractivity contribution in [3.8, 4) is 0 Å². The van der Waals surface area contributed by atoms with E-state index >= 15 is 0 Å². The lowest BCUT2D eigenvalue weighted by molar-refractivity contribution is 0.228. The smallest absolute Gasteiger partial charge is 0.00230 e. The molecule has 0 saturated carbocycles. The van der Waals surface area contributed by atoms with Gasteiger partial charge < -0.3 is 0 Å². The summed E-state index contributed by atoms with van der Waals surface area (Å²) < 4.78 is 0. The Kier molecular flexibility index (Phi) is 8.53. The first-order valence-corrected chi connectivity index (χ1v) is 15.0. The zero-order valence-corrected chi connectivity index (χ0v) is 26.4. The SMILES string of the molecule is CC1=C(C)C(C)C(C)(C(C)C)C(c2ccc(C(C)C)cc2C(C)C)=C1P(C(C)(C)C)C(C)(C)C. The van der Waals surface area contributed by atoms with E-state index in [1.807, 2.05) is 0 Å². The zero-order chi connectivity index (χ0) is 26.5. The first-order chi connectivity index (χ1) is 15.3. The van der Waals surface area contributed by atoms with Gasteiger partial charge in [-0.05, 0) is 81.0 Å². The van der Waals surface area contributed by atoms with Crippen LogP contribution in [0.4, 0.5) is 0 Å². The molecular weight excluding hydrogens is 427 g/mol. The van der Waals surface area contributed by atoms with Gasteiger partial charge in [0.2, 0.25) is 0 Å². The van der Waals surface area contributed by atoms with Crippen molar-refractivity contribution in [1.29, 1.82) is 0 Å². The lowest BCUT2D eigenvalue weighted by atomic mass is 9.58. The number of allylic oxidation sites excluding steroid dienone is 4. The molecule has 0 aromatic heterocycles. The molecule has 0 nitrogen and oxygen atoms in total. The summed E-state index contributed by atoms with van der Waals surface area (Å²) in [6, 6.07) is 7.44. The second kappa shape index (κ2) is 9.88. The average Bonchev–Trinajstić information content (AvgIpc) is 2.67. The highest BCUT2D eigenvalue weighted by molar-refractivity contribution is 7.65. The first kappa shape index (κ1) is 29.4. The fourth-order valence-corrected chi connectivity index (χ4v) is 10.9. The maximum absolute atomic E-state index is 2.58. The molecule has 1 heteroatoms. The highest BCUT2D eigenvalue weighted by Crippen LogP contribution is 2.72. The summed E-state index contributed by atoms with van der Waals surface area (Å²) in [5.41, 5.74) is 9.43. The molecule has 0 N–H and O–H groups in total. The fourth-order valence-electron chi connectivity index (χ4n) is 6.43. The molecule has 0 saturated heterocycles. The van der Waals surface area contributed by atoms with Crippen LogP contribution in [0.15, 0.2) is 34.7 Å². The molecule has 2 atom stereocenters. The Morgan fingerprint density at radius 3 is 1.71 bits per heavy atom. The van der Waals surface area contributed by atoms with Crippen LogP contribution in [0.1, 0.15) is 139 Å². The van der Waals surface area contributed by atoms with Crippen molar-refractivity contribution in [2.45, 2.75) is 133 Å². The second-order valence-corrected chi connectivity index (χ2v) is 17.8. The van der Waals surface area contributed by atoms with Gasteiger partial charge in [0.05, 0.1) is 0 Å². The molecule has 1 aliphatic rings. The highest BCUT2D eigenvalue weighted by Gasteiger charge is 2.49. The van der Waals surface area contributed by atoms with E-state index in [-0.39, 0.29) is 15.7 Å². The lowest BCUT2D eigenvalue weighted by Gasteiger charge is -2.53. The van der Waals surface area contributed by atoms with Crippen molar-refractivity contribution in [1.82, 2.24) is 0 Å². The molecule has 1 aromatic carbocycles. The van der Waals surface area contributed by atoms with E-state index in [0.29, 0.717) is 23.7 Å². The van der Waals surface area contributed by atoms with E-state index in [1.165, 1.54) is 16.7 Å². The number of hydrogen-bond donors (Lipinski definition) is 0. The van der Waals surface area contributed by atoms with E-state index in [1.54, 1.807) is 22.0 Å². The monoisotopic (exact) mass is 482 g/mol. The van der Waals surface area contributed by atoms with Crippen molar-refractivity contribution >= 4 is 13.5 Å². The van der Waals surface area contributed by atoms with Crippen LogP contribution >= 0.6 is 7.92 Å². The van der Waals surface area contributed by atoms with Gasteiger partial charge in [0, 0.05) is 5.41 Å². The molecule has 0 amide bonds. The average molecular weight is 483 g/mol. The molecule has 192 valence electrons. The van der Waals surface area contributed by atoms with Crippen molar-refractivity contribution < 1.29 is 0 Å². The van der Waals surface area contributed by atoms with Crippen LogP contribution in [0.25, 0.3) is 5.57 Å².